The van der Waals surface area contributed by atoms with Gasteiger partial charge >= 0.3 is 0 Å². The summed E-state index contributed by atoms with van der Waals surface area (Å²) in [5.41, 5.74) is 9.32. The zero-order valence-electron chi connectivity index (χ0n) is 16.9. The molecular formula is C23H21Cl2N3O4. The first-order valence-corrected chi connectivity index (χ1v) is 10.9. The number of aliphatic hydroxyl groups is 1. The summed E-state index contributed by atoms with van der Waals surface area (Å²) in [7, 11) is 0. The largest absolute Gasteiger partial charge is 0.485 e. The highest BCUT2D eigenvalue weighted by atomic mass is 35.5. The number of aromatic nitrogens is 2. The van der Waals surface area contributed by atoms with Crippen LogP contribution in [0.1, 0.15) is 17.2 Å². The van der Waals surface area contributed by atoms with Gasteiger partial charge in [0.2, 0.25) is 0 Å². The van der Waals surface area contributed by atoms with E-state index in [0.29, 0.717) is 29.0 Å². The van der Waals surface area contributed by atoms with Crippen molar-refractivity contribution in [3.8, 4) is 16.9 Å². The minimum atomic E-state index is -0.578. The van der Waals surface area contributed by atoms with Crippen LogP contribution >= 0.6 is 23.2 Å². The third-order valence-corrected chi connectivity index (χ3v) is 6.40. The lowest BCUT2D eigenvalue weighted by Gasteiger charge is -2.15. The molecule has 0 bridgehead atoms. The van der Waals surface area contributed by atoms with Gasteiger partial charge in [0.25, 0.3) is 0 Å². The molecule has 9 heteroatoms. The van der Waals surface area contributed by atoms with E-state index in [0.717, 1.165) is 22.4 Å². The van der Waals surface area contributed by atoms with Crippen LogP contribution in [-0.2, 0) is 16.1 Å². The number of nitrogen functional groups attached to an aromatic ring is 1. The fourth-order valence-electron chi connectivity index (χ4n) is 4.07. The Balaban J connectivity index is 1.32. The van der Waals surface area contributed by atoms with Crippen LogP contribution in [0.25, 0.3) is 11.1 Å². The fraction of sp³-hybridized carbons (Fsp3) is 0.304. The van der Waals surface area contributed by atoms with Crippen LogP contribution < -0.4 is 10.5 Å². The fourth-order valence-corrected chi connectivity index (χ4v) is 4.43. The zero-order chi connectivity index (χ0) is 22.2. The van der Waals surface area contributed by atoms with Crippen molar-refractivity contribution in [1.29, 1.82) is 0 Å². The van der Waals surface area contributed by atoms with Crippen molar-refractivity contribution in [2.24, 2.45) is 0 Å². The Morgan fingerprint density at radius 3 is 2.62 bits per heavy atom. The summed E-state index contributed by atoms with van der Waals surface area (Å²) in [4.78, 5) is 8.87. The van der Waals surface area contributed by atoms with Crippen molar-refractivity contribution in [3.05, 3.63) is 70.1 Å². The minimum absolute atomic E-state index is 0.00270. The molecule has 2 aliphatic heterocycles. The number of benzene rings is 1. The third kappa shape index (κ3) is 4.14. The molecule has 1 aromatic carbocycles. The molecule has 0 spiro atoms. The highest BCUT2D eigenvalue weighted by molar-refractivity contribution is 6.33. The standard InChI is InChI=1S/C23H21Cl2N3O4/c24-15-2-3-17(25)14(5-15)9-30-20-6-13(8-28-23(20)26)12-1-4-18(27-7-12)16-10-31-22-19(29)11-32-21(16)22/h1-8,16,19,21-22,29H,9-11H2,(H2,26,28)/t16-,19?,21?,22?/m1/s1. The Labute approximate surface area is 195 Å². The van der Waals surface area contributed by atoms with Crippen LogP contribution in [0.15, 0.2) is 48.8 Å². The number of pyridine rings is 2. The van der Waals surface area contributed by atoms with E-state index in [9.17, 15) is 5.11 Å². The molecule has 2 fully saturated rings. The lowest BCUT2D eigenvalue weighted by atomic mass is 9.96. The molecule has 0 saturated carbocycles. The first kappa shape index (κ1) is 21.4. The molecule has 0 amide bonds. The highest BCUT2D eigenvalue weighted by Gasteiger charge is 2.48. The normalized spacial score (nSPS) is 24.5. The minimum Gasteiger partial charge on any atom is -0.485 e. The molecule has 3 aromatic rings. The van der Waals surface area contributed by atoms with E-state index in [-0.39, 0.29) is 30.6 Å². The Hall–Kier alpha value is -2.42. The van der Waals surface area contributed by atoms with Crippen molar-refractivity contribution in [3.63, 3.8) is 0 Å². The second-order valence-electron chi connectivity index (χ2n) is 7.87. The first-order chi connectivity index (χ1) is 15.5. The highest BCUT2D eigenvalue weighted by Crippen LogP contribution is 2.37. The van der Waals surface area contributed by atoms with Crippen LogP contribution in [0, 0.1) is 0 Å². The van der Waals surface area contributed by atoms with Crippen LogP contribution in [0.5, 0.6) is 5.75 Å². The van der Waals surface area contributed by atoms with E-state index in [1.807, 2.05) is 18.2 Å². The summed E-state index contributed by atoms with van der Waals surface area (Å²) in [6.07, 6.45) is 2.43. The van der Waals surface area contributed by atoms with Gasteiger partial charge in [-0.2, -0.15) is 0 Å². The van der Waals surface area contributed by atoms with Gasteiger partial charge in [-0.1, -0.05) is 29.3 Å². The number of nitrogens with two attached hydrogens (primary N) is 1. The van der Waals surface area contributed by atoms with Crippen LogP contribution in [0.2, 0.25) is 10.0 Å². The van der Waals surface area contributed by atoms with Crippen molar-refractivity contribution in [2.45, 2.75) is 30.8 Å². The maximum absolute atomic E-state index is 9.94. The van der Waals surface area contributed by atoms with Crippen molar-refractivity contribution < 1.29 is 19.3 Å². The molecule has 2 aliphatic rings. The van der Waals surface area contributed by atoms with Gasteiger partial charge in [-0.3, -0.25) is 4.98 Å². The van der Waals surface area contributed by atoms with Crippen molar-refractivity contribution >= 4 is 29.0 Å². The molecule has 4 heterocycles. The van der Waals surface area contributed by atoms with Gasteiger partial charge in [-0.05, 0) is 30.3 Å². The van der Waals surface area contributed by atoms with Gasteiger partial charge in [0.1, 0.15) is 18.8 Å². The van der Waals surface area contributed by atoms with Gasteiger partial charge in [0.05, 0.1) is 25.2 Å². The number of fused-ring (bicyclic) bond motifs is 1. The lowest BCUT2D eigenvalue weighted by Crippen LogP contribution is -2.28. The summed E-state index contributed by atoms with van der Waals surface area (Å²) in [5, 5.41) is 11.1. The lowest BCUT2D eigenvalue weighted by molar-refractivity contribution is 0.0181. The molecular weight excluding hydrogens is 453 g/mol. The molecule has 32 heavy (non-hydrogen) atoms. The molecule has 0 radical (unpaired) electrons. The summed E-state index contributed by atoms with van der Waals surface area (Å²) < 4.78 is 17.3. The van der Waals surface area contributed by atoms with Gasteiger partial charge in [-0.15, -0.1) is 0 Å². The second kappa shape index (κ2) is 8.84. The number of hydrogen-bond donors (Lipinski definition) is 2. The molecule has 4 atom stereocenters. The van der Waals surface area contributed by atoms with E-state index in [1.165, 1.54) is 0 Å². The van der Waals surface area contributed by atoms with Crippen LogP contribution in [0.4, 0.5) is 5.82 Å². The quantitative estimate of drug-likeness (QED) is 0.580. The number of nitrogens with zero attached hydrogens (tertiary/aromatic N) is 2. The average molecular weight is 474 g/mol. The van der Waals surface area contributed by atoms with Gasteiger partial charge in [0, 0.05) is 44.8 Å². The Bertz CT molecular complexity index is 1130. The van der Waals surface area contributed by atoms with Gasteiger partial charge < -0.3 is 25.1 Å². The topological polar surface area (TPSA) is 99.7 Å². The number of halogens is 2. The Kier molecular flexibility index (Phi) is 5.92. The average Bonchev–Trinajstić information content (AvgIpc) is 3.38. The predicted molar refractivity (Wildman–Crippen MR) is 121 cm³/mol. The molecule has 7 nitrogen and oxygen atoms in total. The molecule has 0 aliphatic carbocycles. The second-order valence-corrected chi connectivity index (χ2v) is 8.72. The van der Waals surface area contributed by atoms with E-state index in [1.54, 1.807) is 30.6 Å². The van der Waals surface area contributed by atoms with E-state index < -0.39 is 6.10 Å². The molecule has 3 N–H and O–H groups in total. The number of aliphatic hydroxyl groups excluding tert-OH is 1. The monoisotopic (exact) mass is 473 g/mol. The smallest absolute Gasteiger partial charge is 0.166 e. The molecule has 2 aromatic heterocycles. The van der Waals surface area contributed by atoms with Crippen molar-refractivity contribution in [2.75, 3.05) is 18.9 Å². The van der Waals surface area contributed by atoms with Gasteiger partial charge in [0.15, 0.2) is 11.6 Å². The maximum atomic E-state index is 9.94. The number of rotatable bonds is 5. The Morgan fingerprint density at radius 2 is 1.81 bits per heavy atom. The van der Waals surface area contributed by atoms with E-state index >= 15 is 0 Å². The molecule has 2 saturated heterocycles. The summed E-state index contributed by atoms with van der Waals surface area (Å²) >= 11 is 12.3. The predicted octanol–water partition coefficient (Wildman–Crippen LogP) is 3.85. The number of hydrogen-bond acceptors (Lipinski definition) is 7. The third-order valence-electron chi connectivity index (χ3n) is 5.80. The maximum Gasteiger partial charge on any atom is 0.166 e. The van der Waals surface area contributed by atoms with Crippen molar-refractivity contribution in [1.82, 2.24) is 9.97 Å². The van der Waals surface area contributed by atoms with E-state index in [2.05, 4.69) is 9.97 Å². The first-order valence-electron chi connectivity index (χ1n) is 10.2. The molecule has 166 valence electrons. The van der Waals surface area contributed by atoms with Gasteiger partial charge in [-0.25, -0.2) is 4.98 Å². The summed E-state index contributed by atoms with van der Waals surface area (Å²) in [5.74, 6) is 0.725. The Morgan fingerprint density at radius 1 is 1.00 bits per heavy atom. The SMILES string of the molecule is Nc1ncc(-c2ccc([C@H]3COC4C(O)COC43)nc2)cc1OCc1cc(Cl)ccc1Cl. The number of ether oxygens (including phenoxy) is 3. The molecule has 5 rings (SSSR count). The number of anilines is 1. The van der Waals surface area contributed by atoms with Crippen LogP contribution in [0.3, 0.4) is 0 Å². The zero-order valence-corrected chi connectivity index (χ0v) is 18.5. The summed E-state index contributed by atoms with van der Waals surface area (Å²) in [6.45, 7) is 0.985. The molecule has 3 unspecified atom stereocenters. The van der Waals surface area contributed by atoms with E-state index in [4.69, 9.17) is 43.1 Å². The van der Waals surface area contributed by atoms with Crippen LogP contribution in [-0.4, -0.2) is 46.6 Å². The summed E-state index contributed by atoms with van der Waals surface area (Å²) in [6, 6.07) is 10.9.